The summed E-state index contributed by atoms with van der Waals surface area (Å²) in [6, 6.07) is 20.5. The Morgan fingerprint density at radius 1 is 0.722 bits per heavy atom. The fourth-order valence-corrected chi connectivity index (χ4v) is 6.85. The lowest BCUT2D eigenvalue weighted by Crippen LogP contribution is -2.37. The van der Waals surface area contributed by atoms with E-state index in [0.29, 0.717) is 38.2 Å². The smallest absolute Gasteiger partial charge is 0.228 e. The molecule has 1 fully saturated rings. The Morgan fingerprint density at radius 3 is 1.94 bits per heavy atom. The molecule has 2 aliphatic rings. The molecule has 0 spiro atoms. The number of fused-ring (bicyclic) bond motifs is 1. The summed E-state index contributed by atoms with van der Waals surface area (Å²) in [7, 11) is 9.66. The number of pyridine rings is 1. The third-order valence-corrected chi connectivity index (χ3v) is 9.90. The van der Waals surface area contributed by atoms with E-state index in [-0.39, 0.29) is 0 Å². The van der Waals surface area contributed by atoms with Crippen LogP contribution in [0.25, 0.3) is 11.3 Å². The van der Waals surface area contributed by atoms with Crippen molar-refractivity contribution >= 4 is 29.2 Å². The average Bonchev–Trinajstić information content (AvgIpc) is 3.65. The Kier molecular flexibility index (Phi) is 11.6. The van der Waals surface area contributed by atoms with Gasteiger partial charge in [0.2, 0.25) is 11.9 Å². The highest BCUT2D eigenvalue weighted by molar-refractivity contribution is 5.76. The Hall–Kier alpha value is -5.53. The van der Waals surface area contributed by atoms with Gasteiger partial charge < -0.3 is 38.7 Å². The zero-order valence-corrected chi connectivity index (χ0v) is 32.0. The van der Waals surface area contributed by atoms with Crippen molar-refractivity contribution in [3.05, 3.63) is 95.9 Å². The first-order valence-electron chi connectivity index (χ1n) is 18.5. The van der Waals surface area contributed by atoms with Crippen molar-refractivity contribution in [2.24, 2.45) is 0 Å². The number of methoxy groups -OCH3 is 2. The van der Waals surface area contributed by atoms with Crippen LogP contribution in [0.3, 0.4) is 0 Å². The molecule has 282 valence electrons. The molecule has 0 unspecified atom stereocenters. The number of benzene rings is 2. The molecule has 0 saturated carbocycles. The Labute approximate surface area is 318 Å². The molecular formula is C41H50N10O3. The van der Waals surface area contributed by atoms with Crippen LogP contribution in [0.1, 0.15) is 23.1 Å². The minimum Gasteiger partial charge on any atom is -0.497 e. The fourth-order valence-electron chi connectivity index (χ4n) is 6.85. The second-order valence-corrected chi connectivity index (χ2v) is 14.0. The molecule has 13 nitrogen and oxygen atoms in total. The highest BCUT2D eigenvalue weighted by Crippen LogP contribution is 2.39. The quantitative estimate of drug-likeness (QED) is 0.136. The number of ether oxygens (including phenoxy) is 3. The molecule has 54 heavy (non-hydrogen) atoms. The van der Waals surface area contributed by atoms with Crippen molar-refractivity contribution in [3.8, 4) is 22.8 Å². The van der Waals surface area contributed by atoms with Crippen molar-refractivity contribution in [2.75, 3.05) is 101 Å². The molecule has 5 heterocycles. The third kappa shape index (κ3) is 8.64. The van der Waals surface area contributed by atoms with E-state index < -0.39 is 0 Å². The predicted octanol–water partition coefficient (Wildman–Crippen LogP) is 5.47. The van der Waals surface area contributed by atoms with Crippen LogP contribution >= 0.6 is 0 Å². The maximum absolute atomic E-state index is 5.67. The van der Waals surface area contributed by atoms with Gasteiger partial charge in [0.15, 0.2) is 0 Å². The van der Waals surface area contributed by atoms with Crippen LogP contribution in [0, 0.1) is 0 Å². The fraction of sp³-hybridized carbons (Fsp3) is 0.390. The lowest BCUT2D eigenvalue weighted by atomic mass is 10.1. The normalized spacial score (nSPS) is 14.0. The molecule has 1 saturated heterocycles. The van der Waals surface area contributed by atoms with Gasteiger partial charge in [-0.05, 0) is 81.0 Å². The summed E-state index contributed by atoms with van der Waals surface area (Å²) in [5.74, 6) is 4.82. The lowest BCUT2D eigenvalue weighted by molar-refractivity contribution is 0.122. The van der Waals surface area contributed by atoms with Crippen LogP contribution in [-0.4, -0.2) is 111 Å². The predicted molar refractivity (Wildman–Crippen MR) is 213 cm³/mol. The van der Waals surface area contributed by atoms with Crippen LogP contribution in [0.2, 0.25) is 0 Å². The third-order valence-electron chi connectivity index (χ3n) is 9.90. The highest BCUT2D eigenvalue weighted by atomic mass is 16.5. The summed E-state index contributed by atoms with van der Waals surface area (Å²) in [5.41, 5.74) is 6.06. The molecule has 2 aliphatic heterocycles. The molecule has 0 radical (unpaired) electrons. The van der Waals surface area contributed by atoms with E-state index >= 15 is 0 Å². The van der Waals surface area contributed by atoms with E-state index in [9.17, 15) is 0 Å². The standard InChI is InChI=1S/C41H50N10O3/c1-47(2)18-6-19-48(3)37-16-11-33(27-42-37)51-20-17-36-38(45-41(46-39(36)51)49-21-23-54-24-22-49)32-25-43-40(44-26-32)50(28-30-7-12-34(52-4)13-8-30)29-31-9-14-35(53-5)15-10-31/h7-16,25-27H,6,17-24,28-29H2,1-5H3. The molecule has 0 atom stereocenters. The topological polar surface area (TPSA) is 108 Å². The first kappa shape index (κ1) is 36.8. The average molecular weight is 731 g/mol. The summed E-state index contributed by atoms with van der Waals surface area (Å²) in [6.07, 6.45) is 7.62. The zero-order chi connectivity index (χ0) is 37.4. The van der Waals surface area contributed by atoms with E-state index in [2.05, 4.69) is 82.0 Å². The van der Waals surface area contributed by atoms with Crippen LogP contribution in [-0.2, 0) is 24.2 Å². The SMILES string of the molecule is COc1ccc(CN(Cc2ccc(OC)cc2)c2ncc(-c3nc(N4CCOCC4)nc4c3CCN4c3ccc(N(C)CCCN(C)C)nc3)cn2)cc1. The van der Waals surface area contributed by atoms with E-state index in [0.717, 1.165) is 102 Å². The number of anilines is 5. The molecular weight excluding hydrogens is 681 g/mol. The summed E-state index contributed by atoms with van der Waals surface area (Å²) in [4.78, 5) is 36.2. The van der Waals surface area contributed by atoms with Crippen molar-refractivity contribution < 1.29 is 14.2 Å². The number of nitrogens with zero attached hydrogens (tertiary/aromatic N) is 10. The van der Waals surface area contributed by atoms with Gasteiger partial charge in [0, 0.05) is 69.8 Å². The molecule has 2 aromatic carbocycles. The lowest BCUT2D eigenvalue weighted by Gasteiger charge is -2.28. The van der Waals surface area contributed by atoms with Crippen molar-refractivity contribution in [1.29, 1.82) is 0 Å². The molecule has 7 rings (SSSR count). The first-order valence-corrected chi connectivity index (χ1v) is 18.5. The number of hydrogen-bond acceptors (Lipinski definition) is 13. The summed E-state index contributed by atoms with van der Waals surface area (Å²) in [5, 5.41) is 0. The summed E-state index contributed by atoms with van der Waals surface area (Å²) < 4.78 is 16.5. The van der Waals surface area contributed by atoms with Gasteiger partial charge in [-0.3, -0.25) is 0 Å². The molecule has 13 heteroatoms. The van der Waals surface area contributed by atoms with Crippen LogP contribution in [0.5, 0.6) is 11.5 Å². The maximum atomic E-state index is 5.67. The maximum Gasteiger partial charge on any atom is 0.228 e. The number of aromatic nitrogens is 5. The molecule has 0 N–H and O–H groups in total. The van der Waals surface area contributed by atoms with Gasteiger partial charge >= 0.3 is 0 Å². The largest absolute Gasteiger partial charge is 0.497 e. The van der Waals surface area contributed by atoms with Crippen LogP contribution in [0.4, 0.5) is 29.2 Å². The van der Waals surface area contributed by atoms with Gasteiger partial charge in [-0.25, -0.2) is 19.9 Å². The molecule has 0 amide bonds. The van der Waals surface area contributed by atoms with Gasteiger partial charge in [0.25, 0.3) is 0 Å². The van der Waals surface area contributed by atoms with Gasteiger partial charge in [0.1, 0.15) is 23.1 Å². The van der Waals surface area contributed by atoms with Crippen molar-refractivity contribution in [3.63, 3.8) is 0 Å². The number of rotatable bonds is 15. The van der Waals surface area contributed by atoms with Crippen LogP contribution < -0.4 is 29.1 Å². The van der Waals surface area contributed by atoms with Crippen molar-refractivity contribution in [2.45, 2.75) is 25.9 Å². The molecule has 0 bridgehead atoms. The first-order chi connectivity index (χ1) is 26.4. The van der Waals surface area contributed by atoms with Gasteiger partial charge in [0.05, 0.1) is 45.0 Å². The molecule has 3 aromatic heterocycles. The van der Waals surface area contributed by atoms with E-state index in [1.165, 1.54) is 0 Å². The summed E-state index contributed by atoms with van der Waals surface area (Å²) >= 11 is 0. The van der Waals surface area contributed by atoms with E-state index in [4.69, 9.17) is 39.1 Å². The van der Waals surface area contributed by atoms with E-state index in [1.54, 1.807) is 14.2 Å². The van der Waals surface area contributed by atoms with Gasteiger partial charge in [-0.2, -0.15) is 4.98 Å². The van der Waals surface area contributed by atoms with Crippen LogP contribution in [0.15, 0.2) is 79.3 Å². The molecule has 5 aromatic rings. The Bertz CT molecular complexity index is 1900. The minimum absolute atomic E-state index is 0.618. The monoisotopic (exact) mass is 730 g/mol. The van der Waals surface area contributed by atoms with Gasteiger partial charge in [-0.1, -0.05) is 24.3 Å². The van der Waals surface area contributed by atoms with Crippen molar-refractivity contribution in [1.82, 2.24) is 29.8 Å². The number of morpholine rings is 1. The zero-order valence-electron chi connectivity index (χ0n) is 32.0. The van der Waals surface area contributed by atoms with Gasteiger partial charge in [-0.15, -0.1) is 0 Å². The second-order valence-electron chi connectivity index (χ2n) is 14.0. The summed E-state index contributed by atoms with van der Waals surface area (Å²) in [6.45, 7) is 6.75. The Balaban J connectivity index is 1.18. The second kappa shape index (κ2) is 17.1. The Morgan fingerprint density at radius 2 is 1.37 bits per heavy atom. The highest BCUT2D eigenvalue weighted by Gasteiger charge is 2.30. The van der Waals surface area contributed by atoms with E-state index in [1.807, 2.05) is 42.9 Å². The number of hydrogen-bond donors (Lipinski definition) is 0. The molecule has 0 aliphatic carbocycles. The minimum atomic E-state index is 0.618.